The van der Waals surface area contributed by atoms with Gasteiger partial charge in [-0.15, -0.1) is 0 Å². The quantitative estimate of drug-likeness (QED) is 0.851. The molecule has 0 aliphatic carbocycles. The summed E-state index contributed by atoms with van der Waals surface area (Å²) in [7, 11) is -3.64. The van der Waals surface area contributed by atoms with Crippen molar-refractivity contribution in [2.75, 3.05) is 0 Å². The fourth-order valence-electron chi connectivity index (χ4n) is 1.38. The van der Waals surface area contributed by atoms with Crippen LogP contribution in [0, 0.1) is 5.82 Å². The Bertz CT molecular complexity index is 636. The van der Waals surface area contributed by atoms with Crippen LogP contribution >= 0.6 is 15.9 Å². The third-order valence-electron chi connectivity index (χ3n) is 2.23. The van der Waals surface area contributed by atoms with Gasteiger partial charge in [0.15, 0.2) is 0 Å². The van der Waals surface area contributed by atoms with Crippen molar-refractivity contribution in [3.63, 3.8) is 0 Å². The van der Waals surface area contributed by atoms with Crippen molar-refractivity contribution in [1.29, 1.82) is 0 Å². The highest BCUT2D eigenvalue weighted by Crippen LogP contribution is 2.22. The van der Waals surface area contributed by atoms with Crippen LogP contribution in [-0.2, 0) is 9.84 Å². The monoisotopic (exact) mass is 314 g/mol. The van der Waals surface area contributed by atoms with Crippen LogP contribution in [0.4, 0.5) is 4.39 Å². The molecule has 2 nitrogen and oxygen atoms in total. The summed E-state index contributed by atoms with van der Waals surface area (Å²) in [5, 5.41) is 0. The highest BCUT2D eigenvalue weighted by Gasteiger charge is 2.17. The van der Waals surface area contributed by atoms with E-state index in [1.165, 1.54) is 30.3 Å². The molecule has 0 saturated carbocycles. The second-order valence-electron chi connectivity index (χ2n) is 3.41. The Morgan fingerprint density at radius 2 is 1.59 bits per heavy atom. The first-order valence-corrected chi connectivity index (χ1v) is 7.04. The molecule has 2 aromatic carbocycles. The van der Waals surface area contributed by atoms with E-state index < -0.39 is 15.7 Å². The van der Waals surface area contributed by atoms with Gasteiger partial charge >= 0.3 is 0 Å². The van der Waals surface area contributed by atoms with Gasteiger partial charge in [-0.1, -0.05) is 22.0 Å². The zero-order valence-corrected chi connectivity index (χ0v) is 11.0. The molecule has 0 N–H and O–H groups in total. The van der Waals surface area contributed by atoms with Gasteiger partial charge in [0.25, 0.3) is 0 Å². The number of hydrogen-bond acceptors (Lipinski definition) is 2. The molecule has 0 amide bonds. The van der Waals surface area contributed by atoms with E-state index in [9.17, 15) is 12.8 Å². The van der Waals surface area contributed by atoms with E-state index in [2.05, 4.69) is 15.9 Å². The third-order valence-corrected chi connectivity index (χ3v) is 4.53. The Hall–Kier alpha value is -1.20. The van der Waals surface area contributed by atoms with Gasteiger partial charge in [-0.25, -0.2) is 12.8 Å². The lowest BCUT2D eigenvalue weighted by molar-refractivity contribution is 0.591. The van der Waals surface area contributed by atoms with Crippen LogP contribution in [0.3, 0.4) is 0 Å². The molecule has 17 heavy (non-hydrogen) atoms. The van der Waals surface area contributed by atoms with Gasteiger partial charge in [0, 0.05) is 4.47 Å². The number of halogens is 2. The van der Waals surface area contributed by atoms with Gasteiger partial charge in [-0.3, -0.25) is 0 Å². The molecule has 0 heterocycles. The van der Waals surface area contributed by atoms with E-state index in [1.807, 2.05) is 0 Å². The average Bonchev–Trinajstić information content (AvgIpc) is 2.29. The first-order chi connectivity index (χ1) is 8.00. The highest BCUT2D eigenvalue weighted by molar-refractivity contribution is 9.10. The molecule has 0 bridgehead atoms. The van der Waals surface area contributed by atoms with Crippen LogP contribution < -0.4 is 0 Å². The lowest BCUT2D eigenvalue weighted by Crippen LogP contribution is -2.02. The third kappa shape index (κ3) is 2.56. The molecule has 0 aliphatic heterocycles. The van der Waals surface area contributed by atoms with Gasteiger partial charge < -0.3 is 0 Å². The molecule has 2 rings (SSSR count). The number of rotatable bonds is 2. The summed E-state index contributed by atoms with van der Waals surface area (Å²) >= 11 is 3.23. The molecule has 5 heteroatoms. The molecule has 2 aromatic rings. The molecule has 0 radical (unpaired) electrons. The van der Waals surface area contributed by atoms with Crippen molar-refractivity contribution in [2.45, 2.75) is 9.79 Å². The predicted molar refractivity (Wildman–Crippen MR) is 66.0 cm³/mol. The van der Waals surface area contributed by atoms with Gasteiger partial charge in [0.1, 0.15) is 5.82 Å². The van der Waals surface area contributed by atoms with Crippen molar-refractivity contribution in [2.24, 2.45) is 0 Å². The Balaban J connectivity index is 2.54. The summed E-state index contributed by atoms with van der Waals surface area (Å²) in [5.74, 6) is -0.566. The van der Waals surface area contributed by atoms with Crippen molar-refractivity contribution >= 4 is 25.8 Å². The van der Waals surface area contributed by atoms with Crippen LogP contribution in [0.25, 0.3) is 0 Å². The molecular formula is C12H8BrFO2S. The SMILES string of the molecule is O=S(=O)(c1ccc(Br)cc1)c1cccc(F)c1. The largest absolute Gasteiger partial charge is 0.219 e. The average molecular weight is 315 g/mol. The Morgan fingerprint density at radius 1 is 0.941 bits per heavy atom. The molecule has 0 aromatic heterocycles. The minimum atomic E-state index is -3.64. The highest BCUT2D eigenvalue weighted by atomic mass is 79.9. The minimum absolute atomic E-state index is 0.0418. The summed E-state index contributed by atoms with van der Waals surface area (Å²) < 4.78 is 38.0. The van der Waals surface area contributed by atoms with Crippen molar-refractivity contribution in [3.05, 3.63) is 58.8 Å². The summed E-state index contributed by atoms with van der Waals surface area (Å²) in [6.45, 7) is 0. The lowest BCUT2D eigenvalue weighted by atomic mass is 10.3. The van der Waals surface area contributed by atoms with Crippen LogP contribution in [0.15, 0.2) is 62.8 Å². The topological polar surface area (TPSA) is 34.1 Å². The zero-order valence-electron chi connectivity index (χ0n) is 8.60. The van der Waals surface area contributed by atoms with Gasteiger partial charge in [-0.05, 0) is 42.5 Å². The maximum atomic E-state index is 13.0. The number of sulfone groups is 1. The first-order valence-electron chi connectivity index (χ1n) is 4.76. The maximum Gasteiger partial charge on any atom is 0.206 e. The second kappa shape index (κ2) is 4.58. The molecule has 88 valence electrons. The van der Waals surface area contributed by atoms with E-state index >= 15 is 0 Å². The number of hydrogen-bond donors (Lipinski definition) is 0. The lowest BCUT2D eigenvalue weighted by Gasteiger charge is -2.04. The van der Waals surface area contributed by atoms with E-state index in [-0.39, 0.29) is 9.79 Å². The summed E-state index contributed by atoms with van der Waals surface area (Å²) in [6.07, 6.45) is 0. The second-order valence-corrected chi connectivity index (χ2v) is 6.28. The summed E-state index contributed by atoms with van der Waals surface area (Å²) in [6, 6.07) is 11.2. The van der Waals surface area contributed by atoms with Crippen molar-refractivity contribution in [1.82, 2.24) is 0 Å². The van der Waals surface area contributed by atoms with Crippen LogP contribution in [0.1, 0.15) is 0 Å². The van der Waals surface area contributed by atoms with Gasteiger partial charge in [-0.2, -0.15) is 0 Å². The molecule has 0 fully saturated rings. The Kier molecular flexibility index (Phi) is 3.31. The van der Waals surface area contributed by atoms with Crippen molar-refractivity contribution in [3.8, 4) is 0 Å². The zero-order chi connectivity index (χ0) is 12.5. The van der Waals surface area contributed by atoms with E-state index in [0.29, 0.717) is 0 Å². The fourth-order valence-corrected chi connectivity index (χ4v) is 2.94. The molecule has 0 aliphatic rings. The normalized spacial score (nSPS) is 11.4. The molecule has 0 unspecified atom stereocenters. The predicted octanol–water partition coefficient (Wildman–Crippen LogP) is 3.42. The molecular weight excluding hydrogens is 307 g/mol. The Labute approximate surface area is 107 Å². The van der Waals surface area contributed by atoms with Crippen LogP contribution in [0.5, 0.6) is 0 Å². The summed E-state index contributed by atoms with van der Waals surface area (Å²) in [4.78, 5) is 0.103. The smallest absolute Gasteiger partial charge is 0.206 e. The fraction of sp³-hybridized carbons (Fsp3) is 0. The molecule has 0 spiro atoms. The van der Waals surface area contributed by atoms with E-state index in [4.69, 9.17) is 0 Å². The number of benzene rings is 2. The van der Waals surface area contributed by atoms with Gasteiger partial charge in [0.05, 0.1) is 9.79 Å². The molecule has 0 atom stereocenters. The van der Waals surface area contributed by atoms with E-state index in [1.54, 1.807) is 12.1 Å². The van der Waals surface area contributed by atoms with E-state index in [0.717, 1.165) is 10.5 Å². The molecule has 0 saturated heterocycles. The minimum Gasteiger partial charge on any atom is -0.219 e. The van der Waals surface area contributed by atoms with Crippen LogP contribution in [-0.4, -0.2) is 8.42 Å². The standard InChI is InChI=1S/C12H8BrFO2S/c13-9-4-6-11(7-5-9)17(15,16)12-3-1-2-10(14)8-12/h1-8H. The maximum absolute atomic E-state index is 13.0. The van der Waals surface area contributed by atoms with Gasteiger partial charge in [0.2, 0.25) is 9.84 Å². The van der Waals surface area contributed by atoms with Crippen LogP contribution in [0.2, 0.25) is 0 Å². The first kappa shape index (κ1) is 12.3. The summed E-state index contributed by atoms with van der Waals surface area (Å²) in [5.41, 5.74) is 0. The Morgan fingerprint density at radius 3 is 2.18 bits per heavy atom. The van der Waals surface area contributed by atoms with Crippen molar-refractivity contribution < 1.29 is 12.8 Å².